The van der Waals surface area contributed by atoms with E-state index in [2.05, 4.69) is 18.7 Å². The smallest absolute Gasteiger partial charge is 0.0748 e. The van der Waals surface area contributed by atoms with E-state index in [1.54, 1.807) is 12.1 Å². The summed E-state index contributed by atoms with van der Waals surface area (Å²) >= 11 is 12.5. The minimum absolute atomic E-state index is 0.470. The third-order valence-electron chi connectivity index (χ3n) is 3.46. The zero-order chi connectivity index (χ0) is 12.6. The van der Waals surface area contributed by atoms with Gasteiger partial charge in [-0.25, -0.2) is 0 Å². The number of rotatable bonds is 1. The average molecular weight is 273 g/mol. The Balaban J connectivity index is 2.34. The highest BCUT2D eigenvalue weighted by Crippen LogP contribution is 2.39. The quantitative estimate of drug-likeness (QED) is 0.777. The van der Waals surface area contributed by atoms with Gasteiger partial charge in [-0.1, -0.05) is 30.1 Å². The van der Waals surface area contributed by atoms with Gasteiger partial charge in [0.1, 0.15) is 0 Å². The summed E-state index contributed by atoms with van der Waals surface area (Å²) in [4.78, 5) is 2.30. The lowest BCUT2D eigenvalue weighted by molar-refractivity contribution is 0.378. The minimum Gasteiger partial charge on any atom is -0.399 e. The SMILES string of the molecule is CC1CCN(c2c(Cl)cc(N)cc2Cl)C(C)C1. The first-order chi connectivity index (χ1) is 7.99. The average Bonchev–Trinajstić information content (AvgIpc) is 2.19. The predicted octanol–water partition coefficient (Wildman–Crippen LogP) is 4.20. The number of piperidine rings is 1. The Labute approximate surface area is 113 Å². The third-order valence-corrected chi connectivity index (χ3v) is 4.04. The van der Waals surface area contributed by atoms with E-state index in [9.17, 15) is 0 Å². The lowest BCUT2D eigenvalue weighted by Crippen LogP contribution is -2.40. The van der Waals surface area contributed by atoms with Crippen LogP contribution in [0.4, 0.5) is 11.4 Å². The molecule has 1 aromatic carbocycles. The first kappa shape index (κ1) is 12.8. The molecule has 0 aliphatic carbocycles. The highest BCUT2D eigenvalue weighted by molar-refractivity contribution is 6.39. The molecular formula is C13H18Cl2N2. The highest BCUT2D eigenvalue weighted by atomic mass is 35.5. The number of nitrogens with zero attached hydrogens (tertiary/aromatic N) is 1. The van der Waals surface area contributed by atoms with E-state index in [1.807, 2.05) is 0 Å². The van der Waals surface area contributed by atoms with Gasteiger partial charge in [0.2, 0.25) is 0 Å². The van der Waals surface area contributed by atoms with E-state index in [0.29, 0.717) is 21.8 Å². The van der Waals surface area contributed by atoms with Gasteiger partial charge >= 0.3 is 0 Å². The van der Waals surface area contributed by atoms with E-state index < -0.39 is 0 Å². The largest absolute Gasteiger partial charge is 0.399 e. The molecule has 0 spiro atoms. The van der Waals surface area contributed by atoms with Crippen molar-refractivity contribution in [1.82, 2.24) is 0 Å². The van der Waals surface area contributed by atoms with Crippen LogP contribution in [-0.4, -0.2) is 12.6 Å². The number of hydrogen-bond acceptors (Lipinski definition) is 2. The minimum atomic E-state index is 0.470. The van der Waals surface area contributed by atoms with Crippen molar-refractivity contribution in [3.63, 3.8) is 0 Å². The topological polar surface area (TPSA) is 29.3 Å². The summed E-state index contributed by atoms with van der Waals surface area (Å²) in [5.41, 5.74) is 7.27. The Hall–Kier alpha value is -0.600. The molecule has 0 radical (unpaired) electrons. The van der Waals surface area contributed by atoms with Crippen LogP contribution in [0, 0.1) is 5.92 Å². The van der Waals surface area contributed by atoms with Gasteiger partial charge in [-0.05, 0) is 37.8 Å². The van der Waals surface area contributed by atoms with Gasteiger partial charge in [0, 0.05) is 18.3 Å². The van der Waals surface area contributed by atoms with Crippen molar-refractivity contribution >= 4 is 34.6 Å². The second-order valence-corrected chi connectivity index (χ2v) is 5.82. The van der Waals surface area contributed by atoms with E-state index >= 15 is 0 Å². The Morgan fingerprint density at radius 1 is 1.24 bits per heavy atom. The molecule has 1 aliphatic heterocycles. The maximum atomic E-state index is 6.26. The van der Waals surface area contributed by atoms with Crippen molar-refractivity contribution in [3.8, 4) is 0 Å². The summed E-state index contributed by atoms with van der Waals surface area (Å²) in [6, 6.07) is 4.01. The van der Waals surface area contributed by atoms with E-state index in [4.69, 9.17) is 28.9 Å². The second kappa shape index (κ2) is 4.95. The maximum absolute atomic E-state index is 6.26. The maximum Gasteiger partial charge on any atom is 0.0748 e. The van der Waals surface area contributed by atoms with Gasteiger partial charge in [0.05, 0.1) is 15.7 Å². The summed E-state index contributed by atoms with van der Waals surface area (Å²) in [7, 11) is 0. The van der Waals surface area contributed by atoms with Crippen LogP contribution >= 0.6 is 23.2 Å². The number of nitrogen functional groups attached to an aromatic ring is 1. The molecule has 4 heteroatoms. The van der Waals surface area contributed by atoms with Crippen LogP contribution in [0.25, 0.3) is 0 Å². The molecule has 2 N–H and O–H groups in total. The van der Waals surface area contributed by atoms with Crippen LogP contribution in [0.2, 0.25) is 10.0 Å². The molecule has 2 atom stereocenters. The van der Waals surface area contributed by atoms with E-state index in [1.165, 1.54) is 12.8 Å². The molecular weight excluding hydrogens is 255 g/mol. The first-order valence-electron chi connectivity index (χ1n) is 6.00. The highest BCUT2D eigenvalue weighted by Gasteiger charge is 2.26. The molecule has 0 saturated carbocycles. The summed E-state index contributed by atoms with van der Waals surface area (Å²) < 4.78 is 0. The Kier molecular flexibility index (Phi) is 3.74. The standard InChI is InChI=1S/C13H18Cl2N2/c1-8-3-4-17(9(2)5-8)13-11(14)6-10(16)7-12(13)15/h6-9H,3-5,16H2,1-2H3. The second-order valence-electron chi connectivity index (χ2n) is 5.01. The fraction of sp³-hybridized carbons (Fsp3) is 0.538. The lowest BCUT2D eigenvalue weighted by atomic mass is 9.93. The Morgan fingerprint density at radius 3 is 2.35 bits per heavy atom. The number of benzene rings is 1. The van der Waals surface area contributed by atoms with E-state index in [0.717, 1.165) is 18.2 Å². The molecule has 1 fully saturated rings. The van der Waals surface area contributed by atoms with Crippen LogP contribution < -0.4 is 10.6 Å². The van der Waals surface area contributed by atoms with Crippen molar-refractivity contribution in [2.45, 2.75) is 32.7 Å². The van der Waals surface area contributed by atoms with Gasteiger partial charge in [-0.3, -0.25) is 0 Å². The molecule has 0 aromatic heterocycles. The molecule has 2 unspecified atom stereocenters. The van der Waals surface area contributed by atoms with Crippen molar-refractivity contribution in [2.24, 2.45) is 5.92 Å². The molecule has 2 rings (SSSR count). The van der Waals surface area contributed by atoms with Gasteiger partial charge in [0.15, 0.2) is 0 Å². The van der Waals surface area contributed by atoms with Gasteiger partial charge < -0.3 is 10.6 Å². The predicted molar refractivity (Wildman–Crippen MR) is 76.1 cm³/mol. The van der Waals surface area contributed by atoms with Gasteiger partial charge in [0.25, 0.3) is 0 Å². The molecule has 1 saturated heterocycles. The van der Waals surface area contributed by atoms with Crippen LogP contribution in [0.5, 0.6) is 0 Å². The monoisotopic (exact) mass is 272 g/mol. The summed E-state index contributed by atoms with van der Waals surface area (Å²) in [5.74, 6) is 0.771. The number of halogens is 2. The van der Waals surface area contributed by atoms with Crippen molar-refractivity contribution in [2.75, 3.05) is 17.2 Å². The van der Waals surface area contributed by atoms with Gasteiger partial charge in [-0.15, -0.1) is 0 Å². The fourth-order valence-electron chi connectivity index (χ4n) is 2.60. The van der Waals surface area contributed by atoms with Crippen molar-refractivity contribution < 1.29 is 0 Å². The summed E-state index contributed by atoms with van der Waals surface area (Å²) in [6.45, 7) is 5.52. The Morgan fingerprint density at radius 2 is 1.82 bits per heavy atom. The van der Waals surface area contributed by atoms with Crippen LogP contribution in [0.15, 0.2) is 12.1 Å². The van der Waals surface area contributed by atoms with Crippen molar-refractivity contribution in [1.29, 1.82) is 0 Å². The number of nitrogens with two attached hydrogens (primary N) is 1. The molecule has 94 valence electrons. The zero-order valence-electron chi connectivity index (χ0n) is 10.2. The normalized spacial score (nSPS) is 25.1. The first-order valence-corrected chi connectivity index (χ1v) is 6.75. The number of hydrogen-bond donors (Lipinski definition) is 1. The van der Waals surface area contributed by atoms with Gasteiger partial charge in [-0.2, -0.15) is 0 Å². The number of anilines is 2. The Bertz CT molecular complexity index is 397. The van der Waals surface area contributed by atoms with E-state index in [-0.39, 0.29) is 0 Å². The molecule has 0 amide bonds. The molecule has 1 aliphatic rings. The van der Waals surface area contributed by atoms with Crippen molar-refractivity contribution in [3.05, 3.63) is 22.2 Å². The summed E-state index contributed by atoms with van der Waals surface area (Å²) in [5, 5.41) is 1.30. The van der Waals surface area contributed by atoms with Crippen LogP contribution in [-0.2, 0) is 0 Å². The molecule has 1 heterocycles. The third kappa shape index (κ3) is 2.63. The fourth-order valence-corrected chi connectivity index (χ4v) is 3.32. The zero-order valence-corrected chi connectivity index (χ0v) is 11.7. The summed E-state index contributed by atoms with van der Waals surface area (Å²) in [6.07, 6.45) is 2.36. The molecule has 2 nitrogen and oxygen atoms in total. The lowest BCUT2D eigenvalue weighted by Gasteiger charge is -2.39. The molecule has 1 aromatic rings. The van der Waals surface area contributed by atoms with Crippen LogP contribution in [0.3, 0.4) is 0 Å². The molecule has 17 heavy (non-hydrogen) atoms. The van der Waals surface area contributed by atoms with Crippen LogP contribution in [0.1, 0.15) is 26.7 Å². The molecule has 0 bridgehead atoms.